The number of carbonyl (C=O) groups excluding carboxylic acids is 2. The molecule has 33 heavy (non-hydrogen) atoms. The Morgan fingerprint density at radius 3 is 2.48 bits per heavy atom. The fourth-order valence-electron chi connectivity index (χ4n) is 4.24. The van der Waals surface area contributed by atoms with Gasteiger partial charge in [0, 0.05) is 18.7 Å². The Morgan fingerprint density at radius 1 is 1.09 bits per heavy atom. The zero-order valence-electron chi connectivity index (χ0n) is 18.4. The number of benzene rings is 2. The predicted octanol–water partition coefficient (Wildman–Crippen LogP) is 2.14. The highest BCUT2D eigenvalue weighted by Crippen LogP contribution is 2.23. The van der Waals surface area contributed by atoms with Crippen LogP contribution in [0.1, 0.15) is 30.9 Å². The Balaban J connectivity index is 1.26. The topological polar surface area (TPSA) is 105 Å². The van der Waals surface area contributed by atoms with Crippen molar-refractivity contribution in [3.63, 3.8) is 0 Å². The highest BCUT2D eigenvalue weighted by Gasteiger charge is 2.31. The second kappa shape index (κ2) is 9.74. The van der Waals surface area contributed by atoms with Crippen LogP contribution in [0, 0.1) is 5.92 Å². The molecule has 2 aliphatic heterocycles. The molecular formula is C24H27N3O5S. The van der Waals surface area contributed by atoms with Crippen LogP contribution in [0.3, 0.4) is 0 Å². The van der Waals surface area contributed by atoms with Crippen LogP contribution in [-0.4, -0.2) is 56.8 Å². The van der Waals surface area contributed by atoms with Crippen molar-refractivity contribution < 1.29 is 22.7 Å². The number of amidine groups is 1. The lowest BCUT2D eigenvalue weighted by Crippen LogP contribution is -2.44. The number of hydrogen-bond acceptors (Lipinski definition) is 6. The summed E-state index contributed by atoms with van der Waals surface area (Å²) < 4.78 is 31.8. The first-order valence-corrected chi connectivity index (χ1v) is 12.5. The molecule has 8 nitrogen and oxygen atoms in total. The quantitative estimate of drug-likeness (QED) is 0.653. The molecule has 0 aromatic heterocycles. The van der Waals surface area contributed by atoms with Crippen LogP contribution >= 0.6 is 0 Å². The van der Waals surface area contributed by atoms with Crippen molar-refractivity contribution in [3.05, 3.63) is 65.7 Å². The molecule has 1 amide bonds. The molecule has 2 heterocycles. The van der Waals surface area contributed by atoms with Crippen LogP contribution < -0.4 is 4.72 Å². The number of piperidine rings is 1. The van der Waals surface area contributed by atoms with Crippen LogP contribution in [0.5, 0.6) is 0 Å². The lowest BCUT2D eigenvalue weighted by Gasteiger charge is -2.33. The fraction of sp³-hybridized carbons (Fsp3) is 0.375. The highest BCUT2D eigenvalue weighted by molar-refractivity contribution is 7.90. The van der Waals surface area contributed by atoms with Gasteiger partial charge in [-0.2, -0.15) is 0 Å². The van der Waals surface area contributed by atoms with Gasteiger partial charge in [0.1, 0.15) is 12.4 Å². The zero-order valence-corrected chi connectivity index (χ0v) is 19.3. The first-order chi connectivity index (χ1) is 15.8. The number of nitrogens with one attached hydrogen (secondary N) is 1. The second-order valence-electron chi connectivity index (χ2n) is 8.36. The number of nitrogens with zero attached hydrogens (tertiary/aromatic N) is 2. The molecule has 0 spiro atoms. The van der Waals surface area contributed by atoms with E-state index < -0.39 is 22.1 Å². The smallest absolute Gasteiger partial charge is 0.328 e. The summed E-state index contributed by atoms with van der Waals surface area (Å²) in [4.78, 5) is 30.9. The molecule has 1 unspecified atom stereocenters. The lowest BCUT2D eigenvalue weighted by atomic mass is 9.90. The van der Waals surface area contributed by atoms with Gasteiger partial charge >= 0.3 is 5.97 Å². The van der Waals surface area contributed by atoms with Crippen molar-refractivity contribution in [3.8, 4) is 0 Å². The third-order valence-electron chi connectivity index (χ3n) is 5.98. The van der Waals surface area contributed by atoms with E-state index in [1.807, 2.05) is 18.2 Å². The number of ether oxygens (including phenoxy) is 1. The number of fused-ring (bicyclic) bond motifs is 1. The van der Waals surface area contributed by atoms with Crippen molar-refractivity contribution >= 4 is 27.7 Å². The van der Waals surface area contributed by atoms with Gasteiger partial charge in [0.15, 0.2) is 6.10 Å². The summed E-state index contributed by atoms with van der Waals surface area (Å²) in [5, 5.41) is 0. The van der Waals surface area contributed by atoms with Crippen molar-refractivity contribution in [1.29, 1.82) is 0 Å². The molecule has 0 radical (unpaired) electrons. The van der Waals surface area contributed by atoms with Crippen molar-refractivity contribution in [2.24, 2.45) is 10.9 Å². The summed E-state index contributed by atoms with van der Waals surface area (Å²) >= 11 is 0. The van der Waals surface area contributed by atoms with Gasteiger partial charge in [-0.3, -0.25) is 19.3 Å². The summed E-state index contributed by atoms with van der Waals surface area (Å²) in [6, 6.07) is 16.7. The maximum Gasteiger partial charge on any atom is 0.328 e. The van der Waals surface area contributed by atoms with E-state index in [1.54, 1.807) is 30.0 Å². The van der Waals surface area contributed by atoms with Crippen molar-refractivity contribution in [2.45, 2.75) is 37.2 Å². The Kier molecular flexibility index (Phi) is 6.78. The minimum atomic E-state index is -3.67. The molecule has 0 bridgehead atoms. The Labute approximate surface area is 193 Å². The average Bonchev–Trinajstić information content (AvgIpc) is 3.08. The van der Waals surface area contributed by atoms with E-state index in [1.165, 1.54) is 11.6 Å². The van der Waals surface area contributed by atoms with E-state index in [0.717, 1.165) is 19.3 Å². The molecule has 4 rings (SSSR count). The first-order valence-electron chi connectivity index (χ1n) is 11.0. The van der Waals surface area contributed by atoms with Gasteiger partial charge < -0.3 is 9.64 Å². The molecule has 1 atom stereocenters. The van der Waals surface area contributed by atoms with E-state index in [9.17, 15) is 18.0 Å². The fourth-order valence-corrected chi connectivity index (χ4v) is 5.49. The molecule has 2 aromatic carbocycles. The Morgan fingerprint density at radius 2 is 1.76 bits per heavy atom. The molecule has 2 aliphatic rings. The van der Waals surface area contributed by atoms with Crippen molar-refractivity contribution in [1.82, 2.24) is 9.62 Å². The van der Waals surface area contributed by atoms with Crippen LogP contribution in [0.4, 0.5) is 0 Å². The predicted molar refractivity (Wildman–Crippen MR) is 123 cm³/mol. The number of esters is 1. The number of aliphatic imine (C=N–C) groups is 1. The minimum absolute atomic E-state index is 0.0991. The number of carbonyl (C=O) groups is 2. The Bertz CT molecular complexity index is 1160. The molecule has 9 heteroatoms. The van der Waals surface area contributed by atoms with Crippen molar-refractivity contribution in [2.75, 3.05) is 19.6 Å². The summed E-state index contributed by atoms with van der Waals surface area (Å²) in [6.07, 6.45) is 1.90. The van der Waals surface area contributed by atoms with Gasteiger partial charge in [-0.15, -0.1) is 0 Å². The van der Waals surface area contributed by atoms with Crippen LogP contribution in [0.2, 0.25) is 0 Å². The zero-order chi connectivity index (χ0) is 23.4. The summed E-state index contributed by atoms with van der Waals surface area (Å²) in [7, 11) is -3.67. The molecule has 2 aromatic rings. The Hall–Kier alpha value is -3.20. The standard InChI is InChI=1S/C24H27N3O5S/c1-17(24(29)27-13-11-19(12-14-27)15-18-7-3-2-4-8-18)32-22(28)16-25-23-20-9-5-6-10-21(20)33(30,31)26-23/h2-10,17,19H,11-16H2,1H3,(H,25,26). The highest BCUT2D eigenvalue weighted by atomic mass is 32.2. The van der Waals surface area contributed by atoms with Gasteiger partial charge in [0.2, 0.25) is 0 Å². The third kappa shape index (κ3) is 5.42. The van der Waals surface area contributed by atoms with E-state index in [2.05, 4.69) is 21.8 Å². The number of rotatable bonds is 6. The normalized spacial score (nSPS) is 19.5. The third-order valence-corrected chi connectivity index (χ3v) is 7.38. The van der Waals surface area contributed by atoms with E-state index in [4.69, 9.17) is 4.74 Å². The second-order valence-corrected chi connectivity index (χ2v) is 10.0. The molecule has 1 fully saturated rings. The monoisotopic (exact) mass is 469 g/mol. The molecular weight excluding hydrogens is 442 g/mol. The minimum Gasteiger partial charge on any atom is -0.451 e. The summed E-state index contributed by atoms with van der Waals surface area (Å²) in [5.41, 5.74) is 1.71. The average molecular weight is 470 g/mol. The molecule has 0 aliphatic carbocycles. The number of hydrogen-bond donors (Lipinski definition) is 1. The van der Waals surface area contributed by atoms with Gasteiger partial charge in [-0.25, -0.2) is 8.42 Å². The summed E-state index contributed by atoms with van der Waals surface area (Å²) in [5.74, 6) is -0.280. The largest absolute Gasteiger partial charge is 0.451 e. The van der Waals surface area contributed by atoms with Crippen LogP contribution in [-0.2, 0) is 30.8 Å². The van der Waals surface area contributed by atoms with Gasteiger partial charge in [0.25, 0.3) is 15.9 Å². The van der Waals surface area contributed by atoms with E-state index >= 15 is 0 Å². The van der Waals surface area contributed by atoms with E-state index in [0.29, 0.717) is 24.6 Å². The molecule has 174 valence electrons. The SMILES string of the molecule is CC(OC(=O)CN=C1NS(=O)(=O)c2ccccc21)C(=O)N1CCC(Cc2ccccc2)CC1. The molecule has 0 saturated carbocycles. The molecule has 1 N–H and O–H groups in total. The molecule has 1 saturated heterocycles. The number of amides is 1. The lowest BCUT2D eigenvalue weighted by molar-refractivity contribution is -0.158. The van der Waals surface area contributed by atoms with Crippen LogP contribution in [0.15, 0.2) is 64.5 Å². The number of sulfonamides is 1. The maximum atomic E-state index is 12.7. The van der Waals surface area contributed by atoms with E-state index in [-0.39, 0.29) is 23.2 Å². The first kappa shape index (κ1) is 23.0. The number of likely N-dealkylation sites (tertiary alicyclic amines) is 1. The van der Waals surface area contributed by atoms with Gasteiger partial charge in [0.05, 0.1) is 4.90 Å². The maximum absolute atomic E-state index is 12.7. The van der Waals surface area contributed by atoms with Gasteiger partial charge in [-0.1, -0.05) is 42.5 Å². The van der Waals surface area contributed by atoms with Crippen LogP contribution in [0.25, 0.3) is 0 Å². The van der Waals surface area contributed by atoms with Gasteiger partial charge in [-0.05, 0) is 49.8 Å². The summed E-state index contributed by atoms with van der Waals surface area (Å²) in [6.45, 7) is 2.44.